The highest BCUT2D eigenvalue weighted by Gasteiger charge is 2.36. The Morgan fingerprint density at radius 2 is 1.79 bits per heavy atom. The van der Waals surface area contributed by atoms with E-state index in [0.717, 1.165) is 6.07 Å². The Morgan fingerprint density at radius 3 is 2.34 bits per heavy atom. The maximum atomic E-state index is 13.2. The van der Waals surface area contributed by atoms with Gasteiger partial charge in [0.2, 0.25) is 0 Å². The maximum absolute atomic E-state index is 13.2. The largest absolute Gasteiger partial charge is 0.495 e. The van der Waals surface area contributed by atoms with E-state index in [0.29, 0.717) is 16.1 Å². The Kier molecular flexibility index (Phi) is 5.50. The van der Waals surface area contributed by atoms with Crippen LogP contribution in [0.15, 0.2) is 53.4 Å². The summed E-state index contributed by atoms with van der Waals surface area (Å²) in [4.78, 5) is 2.51. The number of aryl methyl sites for hydroxylation is 1. The van der Waals surface area contributed by atoms with Crippen LogP contribution in [0, 0.1) is 6.92 Å². The molecule has 0 aliphatic carbocycles. The lowest BCUT2D eigenvalue weighted by molar-refractivity contribution is -0.141. The van der Waals surface area contributed by atoms with E-state index in [1.54, 1.807) is 13.0 Å². The lowest BCUT2D eigenvalue weighted by Crippen LogP contribution is -2.25. The van der Waals surface area contributed by atoms with Crippen molar-refractivity contribution in [3.63, 3.8) is 0 Å². The molecule has 0 bridgehead atoms. The predicted molar refractivity (Wildman–Crippen MR) is 102 cm³/mol. The summed E-state index contributed by atoms with van der Waals surface area (Å²) in [5.41, 5.74) is -0.605. The molecule has 0 fully saturated rings. The van der Waals surface area contributed by atoms with Crippen molar-refractivity contribution >= 4 is 21.6 Å². The number of rotatable bonds is 5. The number of nitrogens with zero attached hydrogens (tertiary/aromatic N) is 2. The Morgan fingerprint density at radius 1 is 1.14 bits per heavy atom. The minimum atomic E-state index is -4.77. The van der Waals surface area contributed by atoms with Crippen molar-refractivity contribution in [3.05, 3.63) is 64.8 Å². The van der Waals surface area contributed by atoms with Gasteiger partial charge in [0, 0.05) is 5.56 Å². The van der Waals surface area contributed by atoms with Crippen molar-refractivity contribution in [2.24, 2.45) is 0 Å². The lowest BCUT2D eigenvalue weighted by atomic mass is 10.1. The van der Waals surface area contributed by atoms with Gasteiger partial charge in [0.25, 0.3) is 10.0 Å². The van der Waals surface area contributed by atoms with Crippen molar-refractivity contribution in [1.82, 2.24) is 9.89 Å². The number of methoxy groups -OCH3 is 1. The van der Waals surface area contributed by atoms with E-state index in [-0.39, 0.29) is 21.2 Å². The van der Waals surface area contributed by atoms with Gasteiger partial charge in [0.05, 0.1) is 22.7 Å². The van der Waals surface area contributed by atoms with Crippen LogP contribution < -0.4 is 9.57 Å². The van der Waals surface area contributed by atoms with Crippen LogP contribution in [-0.4, -0.2) is 25.4 Å². The molecule has 0 saturated carbocycles. The molecule has 3 rings (SSSR count). The third-order valence-electron chi connectivity index (χ3n) is 3.99. The summed E-state index contributed by atoms with van der Waals surface area (Å²) in [7, 11) is -2.77. The second kappa shape index (κ2) is 7.60. The first-order valence-electron chi connectivity index (χ1n) is 8.12. The van der Waals surface area contributed by atoms with Crippen LogP contribution in [0.4, 0.5) is 13.2 Å². The summed E-state index contributed by atoms with van der Waals surface area (Å²) in [6, 6.07) is 10.9. The van der Waals surface area contributed by atoms with Crippen molar-refractivity contribution in [3.8, 4) is 17.0 Å². The number of halogens is 4. The van der Waals surface area contributed by atoms with Crippen LogP contribution in [0.1, 0.15) is 11.3 Å². The molecule has 0 radical (unpaired) electrons. The van der Waals surface area contributed by atoms with Crippen LogP contribution in [0.2, 0.25) is 5.02 Å². The summed E-state index contributed by atoms with van der Waals surface area (Å²) in [6.45, 7) is 1.66. The third-order valence-corrected chi connectivity index (χ3v) is 5.58. The SMILES string of the molecule is COc1c(C)cc(-c2cc(C(F)(F)F)nn2NS(=O)(=O)c2ccccc2)cc1Cl. The van der Waals surface area contributed by atoms with Gasteiger partial charge in [0.1, 0.15) is 5.75 Å². The molecule has 0 amide bonds. The van der Waals surface area contributed by atoms with E-state index in [4.69, 9.17) is 16.3 Å². The fraction of sp³-hybridized carbons (Fsp3) is 0.167. The Bertz CT molecular complexity index is 1120. The monoisotopic (exact) mass is 445 g/mol. The van der Waals surface area contributed by atoms with Gasteiger partial charge >= 0.3 is 6.18 Å². The molecule has 0 unspecified atom stereocenters. The van der Waals surface area contributed by atoms with Gasteiger partial charge < -0.3 is 4.74 Å². The van der Waals surface area contributed by atoms with Crippen LogP contribution in [-0.2, 0) is 16.2 Å². The molecule has 29 heavy (non-hydrogen) atoms. The fourth-order valence-corrected chi connectivity index (χ4v) is 4.03. The van der Waals surface area contributed by atoms with Gasteiger partial charge in [-0.3, -0.25) is 0 Å². The molecule has 6 nitrogen and oxygen atoms in total. The van der Waals surface area contributed by atoms with E-state index in [1.807, 2.05) is 0 Å². The van der Waals surface area contributed by atoms with Gasteiger partial charge in [-0.05, 0) is 42.8 Å². The molecule has 0 spiro atoms. The van der Waals surface area contributed by atoms with E-state index in [9.17, 15) is 21.6 Å². The molecule has 0 atom stereocenters. The van der Waals surface area contributed by atoms with Gasteiger partial charge in [-0.2, -0.15) is 31.2 Å². The number of ether oxygens (including phenoxy) is 1. The van der Waals surface area contributed by atoms with Crippen LogP contribution in [0.3, 0.4) is 0 Å². The number of hydrogen-bond donors (Lipinski definition) is 1. The number of hydrogen-bond acceptors (Lipinski definition) is 4. The summed E-state index contributed by atoms with van der Waals surface area (Å²) in [5, 5.41) is 3.56. The first-order chi connectivity index (χ1) is 13.5. The highest BCUT2D eigenvalue weighted by Crippen LogP contribution is 2.36. The topological polar surface area (TPSA) is 73.2 Å². The molecular formula is C18H15ClF3N3O3S. The van der Waals surface area contributed by atoms with Crippen LogP contribution >= 0.6 is 11.6 Å². The smallest absolute Gasteiger partial charge is 0.435 e. The van der Waals surface area contributed by atoms with E-state index >= 15 is 0 Å². The minimum absolute atomic E-state index is 0.126. The molecule has 154 valence electrons. The average Bonchev–Trinajstić information content (AvgIpc) is 3.06. The number of sulfonamides is 1. The van der Waals surface area contributed by atoms with E-state index < -0.39 is 21.9 Å². The molecule has 0 aliphatic rings. The van der Waals surface area contributed by atoms with Crippen molar-refractivity contribution in [2.75, 3.05) is 11.9 Å². The molecular weight excluding hydrogens is 431 g/mol. The first-order valence-corrected chi connectivity index (χ1v) is 9.98. The zero-order valence-corrected chi connectivity index (χ0v) is 16.7. The van der Waals surface area contributed by atoms with Gasteiger partial charge in [-0.25, -0.2) is 0 Å². The number of alkyl halides is 3. The molecule has 2 aromatic carbocycles. The predicted octanol–water partition coefficient (Wildman–Crippen LogP) is 4.47. The summed E-state index contributed by atoms with van der Waals surface area (Å²) in [5.74, 6) is 0.363. The first kappa shape index (κ1) is 21.0. The van der Waals surface area contributed by atoms with Crippen molar-refractivity contribution < 1.29 is 26.3 Å². The summed E-state index contributed by atoms with van der Waals surface area (Å²) in [6.07, 6.45) is -4.77. The molecule has 1 aromatic heterocycles. The molecule has 0 aliphatic heterocycles. The second-order valence-corrected chi connectivity index (χ2v) is 8.11. The minimum Gasteiger partial charge on any atom is -0.495 e. The zero-order chi connectivity index (χ0) is 21.4. The second-order valence-electron chi connectivity index (χ2n) is 6.04. The standard InChI is InChI=1S/C18H15ClF3N3O3S/c1-11-8-12(9-14(19)17(11)28-2)15-10-16(18(20,21)22)23-25(15)24-29(26,27)13-6-4-3-5-7-13/h3-10,24H,1-2H3. The van der Waals surface area contributed by atoms with Crippen LogP contribution in [0.25, 0.3) is 11.3 Å². The lowest BCUT2D eigenvalue weighted by Gasteiger charge is -2.13. The third kappa shape index (κ3) is 4.33. The number of nitrogens with one attached hydrogen (secondary N) is 1. The number of benzene rings is 2. The highest BCUT2D eigenvalue weighted by molar-refractivity contribution is 7.92. The van der Waals surface area contributed by atoms with Gasteiger partial charge in [0.15, 0.2) is 5.69 Å². The normalized spacial score (nSPS) is 12.1. The van der Waals surface area contributed by atoms with E-state index in [2.05, 4.69) is 9.93 Å². The summed E-state index contributed by atoms with van der Waals surface area (Å²) < 4.78 is 70.0. The Balaban J connectivity index is 2.14. The summed E-state index contributed by atoms with van der Waals surface area (Å²) >= 11 is 6.15. The van der Waals surface area contributed by atoms with Gasteiger partial charge in [-0.15, -0.1) is 5.10 Å². The average molecular weight is 446 g/mol. The van der Waals surface area contributed by atoms with Gasteiger partial charge in [-0.1, -0.05) is 29.8 Å². The zero-order valence-electron chi connectivity index (χ0n) is 15.2. The quantitative estimate of drug-likeness (QED) is 0.628. The van der Waals surface area contributed by atoms with E-state index in [1.165, 1.54) is 43.5 Å². The fourth-order valence-electron chi connectivity index (χ4n) is 2.70. The van der Waals surface area contributed by atoms with Crippen molar-refractivity contribution in [2.45, 2.75) is 18.0 Å². The Labute approximate surface area is 169 Å². The van der Waals surface area contributed by atoms with Crippen LogP contribution in [0.5, 0.6) is 5.75 Å². The van der Waals surface area contributed by atoms with Crippen molar-refractivity contribution in [1.29, 1.82) is 0 Å². The molecule has 1 N–H and O–H groups in total. The molecule has 0 saturated heterocycles. The highest BCUT2D eigenvalue weighted by atomic mass is 35.5. The molecule has 1 heterocycles. The molecule has 3 aromatic rings. The number of aromatic nitrogens is 2. The maximum Gasteiger partial charge on any atom is 0.435 e. The Hall–Kier alpha value is -2.72. The molecule has 11 heteroatoms.